The first-order valence-electron chi connectivity index (χ1n) is 9.29. The summed E-state index contributed by atoms with van der Waals surface area (Å²) in [6.45, 7) is 8.91. The van der Waals surface area contributed by atoms with Gasteiger partial charge in [-0.3, -0.25) is 10.1 Å². The van der Waals surface area contributed by atoms with Crippen molar-refractivity contribution in [3.8, 4) is 0 Å². The number of nitrogens with zero attached hydrogens (tertiary/aromatic N) is 4. The molecule has 1 aliphatic rings. The summed E-state index contributed by atoms with van der Waals surface area (Å²) in [6.07, 6.45) is 0. The second kappa shape index (κ2) is 8.55. The molecule has 1 fully saturated rings. The highest BCUT2D eigenvalue weighted by molar-refractivity contribution is 7.15. The summed E-state index contributed by atoms with van der Waals surface area (Å²) in [7, 11) is 0. The molecule has 3 amide bonds. The van der Waals surface area contributed by atoms with E-state index in [2.05, 4.69) is 37.9 Å². The highest BCUT2D eigenvalue weighted by Gasteiger charge is 2.22. The van der Waals surface area contributed by atoms with Gasteiger partial charge in [0.15, 0.2) is 0 Å². The zero-order chi connectivity index (χ0) is 20.1. The smallest absolute Gasteiger partial charge is 0.321 e. The summed E-state index contributed by atoms with van der Waals surface area (Å²) in [4.78, 5) is 28.4. The Morgan fingerprint density at radius 2 is 1.75 bits per heavy atom. The summed E-state index contributed by atoms with van der Waals surface area (Å²) in [6, 6.07) is 9.71. The molecule has 2 aromatic rings. The SMILES string of the molecule is CC(C)(C)c1nnc(NC(=O)NCC(=O)N2CCN(c3ccccc3)CC2)s1. The fourth-order valence-corrected chi connectivity index (χ4v) is 3.64. The molecule has 0 radical (unpaired) electrons. The summed E-state index contributed by atoms with van der Waals surface area (Å²) in [5.41, 5.74) is 1.05. The van der Waals surface area contributed by atoms with Gasteiger partial charge in [0.25, 0.3) is 0 Å². The molecule has 28 heavy (non-hydrogen) atoms. The summed E-state index contributed by atoms with van der Waals surface area (Å²) < 4.78 is 0. The first-order chi connectivity index (χ1) is 13.3. The molecule has 1 aromatic carbocycles. The van der Waals surface area contributed by atoms with E-state index in [-0.39, 0.29) is 17.9 Å². The Labute approximate surface area is 168 Å². The molecule has 0 spiro atoms. The monoisotopic (exact) mass is 402 g/mol. The predicted octanol–water partition coefficient (Wildman–Crippen LogP) is 2.31. The number of hydrogen-bond acceptors (Lipinski definition) is 6. The maximum Gasteiger partial charge on any atom is 0.321 e. The van der Waals surface area contributed by atoms with Crippen LogP contribution in [0.25, 0.3) is 0 Å². The predicted molar refractivity (Wildman–Crippen MR) is 111 cm³/mol. The summed E-state index contributed by atoms with van der Waals surface area (Å²) >= 11 is 1.33. The Morgan fingerprint density at radius 3 is 2.36 bits per heavy atom. The largest absolute Gasteiger partial charge is 0.368 e. The molecule has 3 rings (SSSR count). The molecule has 2 heterocycles. The van der Waals surface area contributed by atoms with Crippen molar-refractivity contribution in [2.75, 3.05) is 42.9 Å². The molecule has 0 saturated carbocycles. The van der Waals surface area contributed by atoms with Gasteiger partial charge in [-0.2, -0.15) is 0 Å². The lowest BCUT2D eigenvalue weighted by atomic mass is 9.98. The minimum atomic E-state index is -0.451. The van der Waals surface area contributed by atoms with Gasteiger partial charge in [0.2, 0.25) is 11.0 Å². The lowest BCUT2D eigenvalue weighted by Gasteiger charge is -2.36. The van der Waals surface area contributed by atoms with Crippen LogP contribution in [-0.2, 0) is 10.2 Å². The van der Waals surface area contributed by atoms with Gasteiger partial charge in [0.1, 0.15) is 5.01 Å². The second-order valence-corrected chi connectivity index (χ2v) is 8.65. The maximum atomic E-state index is 12.4. The highest BCUT2D eigenvalue weighted by atomic mass is 32.1. The minimum Gasteiger partial charge on any atom is -0.368 e. The summed E-state index contributed by atoms with van der Waals surface area (Å²) in [5, 5.41) is 14.6. The Hall–Kier alpha value is -2.68. The molecule has 0 atom stereocenters. The number of aromatic nitrogens is 2. The summed E-state index contributed by atoms with van der Waals surface area (Å²) in [5.74, 6) is -0.0875. The molecule has 0 aliphatic carbocycles. The van der Waals surface area contributed by atoms with E-state index in [0.717, 1.165) is 18.1 Å². The quantitative estimate of drug-likeness (QED) is 0.819. The van der Waals surface area contributed by atoms with Crippen LogP contribution in [-0.4, -0.2) is 59.8 Å². The van der Waals surface area contributed by atoms with Gasteiger partial charge in [-0.15, -0.1) is 10.2 Å². The Morgan fingerprint density at radius 1 is 1.07 bits per heavy atom. The van der Waals surface area contributed by atoms with E-state index >= 15 is 0 Å². The molecule has 1 aliphatic heterocycles. The second-order valence-electron chi connectivity index (χ2n) is 7.67. The van der Waals surface area contributed by atoms with Crippen molar-refractivity contribution in [3.05, 3.63) is 35.3 Å². The van der Waals surface area contributed by atoms with Crippen LogP contribution < -0.4 is 15.5 Å². The molecule has 8 nitrogen and oxygen atoms in total. The van der Waals surface area contributed by atoms with Crippen molar-refractivity contribution in [2.24, 2.45) is 0 Å². The van der Waals surface area contributed by atoms with Crippen LogP contribution in [0.4, 0.5) is 15.6 Å². The van der Waals surface area contributed by atoms with Crippen LogP contribution in [0.3, 0.4) is 0 Å². The number of amides is 3. The molecule has 2 N–H and O–H groups in total. The standard InChI is InChI=1S/C19H26N6O2S/c1-19(2,3)16-22-23-18(28-16)21-17(27)20-13-15(26)25-11-9-24(10-12-25)14-7-5-4-6-8-14/h4-8H,9-13H2,1-3H3,(H2,20,21,23,27). The Kier molecular flexibility index (Phi) is 6.13. The molecule has 1 saturated heterocycles. The van der Waals surface area contributed by atoms with E-state index in [1.165, 1.54) is 17.0 Å². The topological polar surface area (TPSA) is 90.5 Å². The van der Waals surface area contributed by atoms with Crippen molar-refractivity contribution in [2.45, 2.75) is 26.2 Å². The minimum absolute atomic E-state index is 0.0396. The molecule has 0 bridgehead atoms. The van der Waals surface area contributed by atoms with Gasteiger partial charge < -0.3 is 15.1 Å². The van der Waals surface area contributed by atoms with Crippen molar-refractivity contribution in [1.29, 1.82) is 0 Å². The Balaban J connectivity index is 1.42. The van der Waals surface area contributed by atoms with Gasteiger partial charge >= 0.3 is 6.03 Å². The maximum absolute atomic E-state index is 12.4. The fourth-order valence-electron chi connectivity index (χ4n) is 2.84. The molecule has 150 valence electrons. The van der Waals surface area contributed by atoms with Gasteiger partial charge in [-0.1, -0.05) is 50.3 Å². The van der Waals surface area contributed by atoms with Crippen LogP contribution in [0.2, 0.25) is 0 Å². The number of carbonyl (C=O) groups is 2. The number of para-hydroxylation sites is 1. The average molecular weight is 403 g/mol. The van der Waals surface area contributed by atoms with E-state index in [9.17, 15) is 9.59 Å². The molecule has 9 heteroatoms. The van der Waals surface area contributed by atoms with E-state index < -0.39 is 6.03 Å². The first kappa shape index (κ1) is 20.1. The van der Waals surface area contributed by atoms with E-state index in [1.807, 2.05) is 39.0 Å². The van der Waals surface area contributed by atoms with Crippen molar-refractivity contribution >= 4 is 34.1 Å². The fraction of sp³-hybridized carbons (Fsp3) is 0.474. The number of piperazine rings is 1. The van der Waals surface area contributed by atoms with E-state index in [1.54, 1.807) is 4.90 Å². The van der Waals surface area contributed by atoms with Gasteiger partial charge in [-0.05, 0) is 12.1 Å². The lowest BCUT2D eigenvalue weighted by Crippen LogP contribution is -2.51. The van der Waals surface area contributed by atoms with Crippen LogP contribution >= 0.6 is 11.3 Å². The number of urea groups is 1. The third-order valence-electron chi connectivity index (χ3n) is 4.44. The van der Waals surface area contributed by atoms with E-state index in [0.29, 0.717) is 18.2 Å². The number of carbonyl (C=O) groups excluding carboxylic acids is 2. The van der Waals surface area contributed by atoms with Crippen LogP contribution in [0.15, 0.2) is 30.3 Å². The highest BCUT2D eigenvalue weighted by Crippen LogP contribution is 2.27. The third kappa shape index (κ3) is 5.19. The van der Waals surface area contributed by atoms with E-state index in [4.69, 9.17) is 0 Å². The van der Waals surface area contributed by atoms with Gasteiger partial charge in [0, 0.05) is 37.3 Å². The van der Waals surface area contributed by atoms with Gasteiger partial charge in [-0.25, -0.2) is 4.79 Å². The third-order valence-corrected chi connectivity index (χ3v) is 5.71. The van der Waals surface area contributed by atoms with Crippen molar-refractivity contribution < 1.29 is 9.59 Å². The van der Waals surface area contributed by atoms with Crippen LogP contribution in [0.1, 0.15) is 25.8 Å². The Bertz CT molecular complexity index is 809. The zero-order valence-corrected chi connectivity index (χ0v) is 17.3. The number of benzene rings is 1. The molecule has 0 unspecified atom stereocenters. The van der Waals surface area contributed by atoms with Crippen molar-refractivity contribution in [3.63, 3.8) is 0 Å². The number of rotatable bonds is 4. The lowest BCUT2D eigenvalue weighted by molar-refractivity contribution is -0.130. The molecular formula is C19H26N6O2S. The van der Waals surface area contributed by atoms with Crippen LogP contribution in [0.5, 0.6) is 0 Å². The molecule has 1 aromatic heterocycles. The average Bonchev–Trinajstić information content (AvgIpc) is 3.16. The van der Waals surface area contributed by atoms with Crippen LogP contribution in [0, 0.1) is 0 Å². The molecular weight excluding hydrogens is 376 g/mol. The van der Waals surface area contributed by atoms with Crippen molar-refractivity contribution in [1.82, 2.24) is 20.4 Å². The number of hydrogen-bond donors (Lipinski definition) is 2. The number of nitrogens with one attached hydrogen (secondary N) is 2. The zero-order valence-electron chi connectivity index (χ0n) is 16.4. The number of anilines is 2. The normalized spacial score (nSPS) is 14.7. The van der Waals surface area contributed by atoms with Gasteiger partial charge in [0.05, 0.1) is 6.54 Å². The first-order valence-corrected chi connectivity index (χ1v) is 10.1.